The van der Waals surface area contributed by atoms with Gasteiger partial charge in [-0.3, -0.25) is 0 Å². The molecule has 0 unspecified atom stereocenters. The Labute approximate surface area is 83.9 Å². The van der Waals surface area contributed by atoms with Crippen molar-refractivity contribution in [1.82, 2.24) is 0 Å². The maximum Gasteiger partial charge on any atom is 0.338 e. The third-order valence-electron chi connectivity index (χ3n) is 1.99. The Balaban J connectivity index is 2.54. The lowest BCUT2D eigenvalue weighted by molar-refractivity contribution is 0.0692. The molecular weight excluding hydrogens is 212 g/mol. The van der Waals surface area contributed by atoms with Crippen LogP contribution in [0.3, 0.4) is 0 Å². The summed E-state index contributed by atoms with van der Waals surface area (Å²) in [6.45, 7) is 1.08. The Kier molecular flexibility index (Phi) is 2.27. The molecule has 5 heteroatoms. The van der Waals surface area contributed by atoms with Gasteiger partial charge in [-0.05, 0) is 12.0 Å². The molecule has 1 aliphatic heterocycles. The van der Waals surface area contributed by atoms with E-state index in [1.165, 1.54) is 11.3 Å². The number of rotatable bonds is 1. The van der Waals surface area contributed by atoms with E-state index < -0.39 is 5.97 Å². The largest absolute Gasteiger partial charge is 0.478 e. The van der Waals surface area contributed by atoms with Crippen molar-refractivity contribution in [2.45, 2.75) is 13.0 Å². The van der Waals surface area contributed by atoms with E-state index in [0.717, 1.165) is 10.4 Å². The van der Waals surface area contributed by atoms with Crippen LogP contribution in [-0.4, -0.2) is 17.7 Å². The average molecular weight is 219 g/mol. The molecule has 0 fully saturated rings. The molecule has 3 nitrogen and oxygen atoms in total. The second-order valence-corrected chi connectivity index (χ2v) is 4.47. The number of hydrogen-bond acceptors (Lipinski definition) is 3. The zero-order valence-corrected chi connectivity index (χ0v) is 8.24. The minimum absolute atomic E-state index is 0.268. The predicted molar refractivity (Wildman–Crippen MR) is 49.6 cm³/mol. The number of ether oxygens (including phenoxy) is 1. The topological polar surface area (TPSA) is 46.5 Å². The van der Waals surface area contributed by atoms with Crippen molar-refractivity contribution < 1.29 is 14.6 Å². The van der Waals surface area contributed by atoms with Crippen molar-refractivity contribution >= 4 is 28.9 Å². The fourth-order valence-electron chi connectivity index (χ4n) is 1.41. The van der Waals surface area contributed by atoms with Crippen molar-refractivity contribution in [2.75, 3.05) is 6.61 Å². The van der Waals surface area contributed by atoms with Crippen LogP contribution in [0, 0.1) is 0 Å². The number of halogens is 1. The van der Waals surface area contributed by atoms with Crippen LogP contribution in [0.5, 0.6) is 0 Å². The SMILES string of the molecule is O=C(O)c1c(Cl)sc2c1CCOC2. The average Bonchev–Trinajstić information content (AvgIpc) is 2.39. The van der Waals surface area contributed by atoms with Crippen LogP contribution in [0.2, 0.25) is 4.34 Å². The van der Waals surface area contributed by atoms with Gasteiger partial charge in [0.2, 0.25) is 0 Å². The number of aromatic carboxylic acids is 1. The summed E-state index contributed by atoms with van der Waals surface area (Å²) in [6.07, 6.45) is 0.653. The molecule has 0 radical (unpaired) electrons. The van der Waals surface area contributed by atoms with Crippen molar-refractivity contribution in [3.63, 3.8) is 0 Å². The molecule has 1 aromatic rings. The number of hydrogen-bond donors (Lipinski definition) is 1. The van der Waals surface area contributed by atoms with Gasteiger partial charge < -0.3 is 9.84 Å². The lowest BCUT2D eigenvalue weighted by Crippen LogP contribution is -2.10. The second kappa shape index (κ2) is 3.29. The molecule has 0 spiro atoms. The summed E-state index contributed by atoms with van der Waals surface area (Å²) in [5, 5.41) is 8.89. The van der Waals surface area contributed by atoms with Gasteiger partial charge in [-0.1, -0.05) is 11.6 Å². The van der Waals surface area contributed by atoms with E-state index in [4.69, 9.17) is 21.4 Å². The Morgan fingerprint density at radius 1 is 1.62 bits per heavy atom. The highest BCUT2D eigenvalue weighted by molar-refractivity contribution is 7.16. The van der Waals surface area contributed by atoms with Gasteiger partial charge in [0.05, 0.1) is 18.8 Å². The van der Waals surface area contributed by atoms with E-state index in [9.17, 15) is 4.79 Å². The van der Waals surface area contributed by atoms with Crippen molar-refractivity contribution in [3.8, 4) is 0 Å². The molecule has 0 bridgehead atoms. The molecule has 0 saturated carbocycles. The summed E-state index contributed by atoms with van der Waals surface area (Å²) >= 11 is 7.12. The highest BCUT2D eigenvalue weighted by atomic mass is 35.5. The molecule has 0 aliphatic carbocycles. The van der Waals surface area contributed by atoms with E-state index in [1.54, 1.807) is 0 Å². The molecule has 2 heterocycles. The molecule has 0 saturated heterocycles. The van der Waals surface area contributed by atoms with Crippen LogP contribution in [0.1, 0.15) is 20.8 Å². The van der Waals surface area contributed by atoms with E-state index >= 15 is 0 Å². The molecule has 1 N–H and O–H groups in total. The maximum atomic E-state index is 10.8. The van der Waals surface area contributed by atoms with Crippen molar-refractivity contribution in [1.29, 1.82) is 0 Å². The third kappa shape index (κ3) is 1.45. The predicted octanol–water partition coefficient (Wildman–Crippen LogP) is 2.17. The van der Waals surface area contributed by atoms with Crippen LogP contribution in [0.25, 0.3) is 0 Å². The van der Waals surface area contributed by atoms with Gasteiger partial charge in [0.1, 0.15) is 4.34 Å². The third-order valence-corrected chi connectivity index (χ3v) is 3.41. The molecule has 1 aromatic heterocycles. The van der Waals surface area contributed by atoms with Gasteiger partial charge in [-0.2, -0.15) is 0 Å². The molecule has 0 amide bonds. The highest BCUT2D eigenvalue weighted by Gasteiger charge is 2.24. The number of carboxylic acids is 1. The van der Waals surface area contributed by atoms with Crippen LogP contribution < -0.4 is 0 Å². The van der Waals surface area contributed by atoms with Crippen molar-refractivity contribution in [3.05, 3.63) is 20.3 Å². The van der Waals surface area contributed by atoms with Gasteiger partial charge >= 0.3 is 5.97 Å². The molecule has 70 valence electrons. The zero-order chi connectivity index (χ0) is 9.42. The summed E-state index contributed by atoms with van der Waals surface area (Å²) < 4.78 is 5.57. The quantitative estimate of drug-likeness (QED) is 0.786. The van der Waals surface area contributed by atoms with Gasteiger partial charge in [0.15, 0.2) is 0 Å². The van der Waals surface area contributed by atoms with E-state index in [-0.39, 0.29) is 5.56 Å². The first-order valence-corrected chi connectivity index (χ1v) is 5.00. The summed E-state index contributed by atoms with van der Waals surface area (Å²) in [5.74, 6) is -0.940. The van der Waals surface area contributed by atoms with Gasteiger partial charge in [-0.15, -0.1) is 11.3 Å². The first-order valence-electron chi connectivity index (χ1n) is 3.81. The van der Waals surface area contributed by atoms with Crippen LogP contribution >= 0.6 is 22.9 Å². The van der Waals surface area contributed by atoms with Crippen molar-refractivity contribution in [2.24, 2.45) is 0 Å². The fourth-order valence-corrected chi connectivity index (χ4v) is 2.88. The van der Waals surface area contributed by atoms with Crippen LogP contribution in [0.15, 0.2) is 0 Å². The smallest absolute Gasteiger partial charge is 0.338 e. The summed E-state index contributed by atoms with van der Waals surface area (Å²) in [7, 11) is 0. The molecule has 0 atom stereocenters. The standard InChI is InChI=1S/C8H7ClO3S/c9-7-6(8(10)11)4-1-2-12-3-5(4)13-7/h1-3H2,(H,10,11). The number of fused-ring (bicyclic) bond motifs is 1. The molecule has 2 rings (SSSR count). The molecule has 0 aromatic carbocycles. The highest BCUT2D eigenvalue weighted by Crippen LogP contribution is 2.35. The monoisotopic (exact) mass is 218 g/mol. The fraction of sp³-hybridized carbons (Fsp3) is 0.375. The van der Waals surface area contributed by atoms with Gasteiger partial charge in [-0.25, -0.2) is 4.79 Å². The van der Waals surface area contributed by atoms with E-state index in [1.807, 2.05) is 0 Å². The molecule has 1 aliphatic rings. The number of thiophene rings is 1. The lowest BCUT2D eigenvalue weighted by Gasteiger charge is -2.11. The molecule has 13 heavy (non-hydrogen) atoms. The Morgan fingerprint density at radius 2 is 2.38 bits per heavy atom. The zero-order valence-electron chi connectivity index (χ0n) is 6.67. The second-order valence-electron chi connectivity index (χ2n) is 2.76. The summed E-state index contributed by atoms with van der Waals surface area (Å²) in [6, 6.07) is 0. The van der Waals surface area contributed by atoms with Gasteiger partial charge in [0.25, 0.3) is 0 Å². The van der Waals surface area contributed by atoms with E-state index in [2.05, 4.69) is 0 Å². The first-order chi connectivity index (χ1) is 6.20. The Bertz CT molecular complexity index is 359. The lowest BCUT2D eigenvalue weighted by atomic mass is 10.1. The summed E-state index contributed by atoms with van der Waals surface area (Å²) in [5.41, 5.74) is 1.12. The van der Waals surface area contributed by atoms with Crippen LogP contribution in [-0.2, 0) is 17.8 Å². The van der Waals surface area contributed by atoms with Gasteiger partial charge in [0, 0.05) is 4.88 Å². The summed E-state index contributed by atoms with van der Waals surface area (Å²) in [4.78, 5) is 11.8. The first kappa shape index (κ1) is 8.99. The van der Waals surface area contributed by atoms with E-state index in [0.29, 0.717) is 24.0 Å². The minimum atomic E-state index is -0.940. The number of carboxylic acid groups (broad SMARTS) is 1. The normalized spacial score (nSPS) is 15.5. The number of carbonyl (C=O) groups is 1. The minimum Gasteiger partial charge on any atom is -0.478 e. The Morgan fingerprint density at radius 3 is 3.08 bits per heavy atom. The molecular formula is C8H7ClO3S. The Hall–Kier alpha value is -0.580. The van der Waals surface area contributed by atoms with Crippen LogP contribution in [0.4, 0.5) is 0 Å². The maximum absolute atomic E-state index is 10.8.